The minimum Gasteiger partial charge on any atom is -0.339 e. The molecule has 2 N–H and O–H groups in total. The predicted molar refractivity (Wildman–Crippen MR) is 141 cm³/mol. The van der Waals surface area contributed by atoms with Gasteiger partial charge in [-0.1, -0.05) is 0 Å². The van der Waals surface area contributed by atoms with E-state index in [-0.39, 0.29) is 29.6 Å². The lowest BCUT2D eigenvalue weighted by atomic mass is 9.88. The average Bonchev–Trinajstić information content (AvgIpc) is 3.79. The first-order valence-electron chi connectivity index (χ1n) is 13.6. The number of halogens is 1. The van der Waals surface area contributed by atoms with Crippen LogP contribution < -0.4 is 10.6 Å². The van der Waals surface area contributed by atoms with Crippen molar-refractivity contribution in [3.05, 3.63) is 59.6 Å². The van der Waals surface area contributed by atoms with E-state index in [1.807, 2.05) is 19.9 Å². The van der Waals surface area contributed by atoms with E-state index in [0.29, 0.717) is 34.4 Å². The number of hydrogen-bond acceptors (Lipinski definition) is 5. The molecule has 0 aromatic carbocycles. The Kier molecular flexibility index (Phi) is 6.45. The lowest BCUT2D eigenvalue weighted by molar-refractivity contribution is -0.119. The van der Waals surface area contributed by atoms with E-state index in [2.05, 4.69) is 25.7 Å². The number of anilines is 1. The maximum Gasteiger partial charge on any atom is 0.270 e. The monoisotopic (exact) mass is 516 g/mol. The number of nitrogens with one attached hydrogen (secondary N) is 2. The predicted octanol–water partition coefficient (Wildman–Crippen LogP) is 4.99. The highest BCUT2D eigenvalue weighted by molar-refractivity contribution is 6.00. The van der Waals surface area contributed by atoms with Crippen LogP contribution in [0.4, 0.5) is 10.2 Å². The minimum atomic E-state index is -0.722. The first kappa shape index (κ1) is 24.7. The fourth-order valence-electron chi connectivity index (χ4n) is 5.68. The molecule has 3 aromatic heterocycles. The molecule has 198 valence electrons. The zero-order valence-electron chi connectivity index (χ0n) is 21.8. The Morgan fingerprint density at radius 3 is 2.39 bits per heavy atom. The number of hydrogen-bond donors (Lipinski definition) is 2. The largest absolute Gasteiger partial charge is 0.339 e. The summed E-state index contributed by atoms with van der Waals surface area (Å²) in [6.07, 6.45) is 10.8. The van der Waals surface area contributed by atoms with E-state index in [1.54, 1.807) is 35.3 Å². The highest BCUT2D eigenvalue weighted by Gasteiger charge is 2.48. The van der Waals surface area contributed by atoms with Crippen LogP contribution in [-0.2, 0) is 4.79 Å². The highest BCUT2D eigenvalue weighted by Crippen LogP contribution is 2.51. The van der Waals surface area contributed by atoms with Gasteiger partial charge in [-0.15, -0.1) is 0 Å². The zero-order valence-corrected chi connectivity index (χ0v) is 21.8. The SMILES string of the molecule is Cc1cnc(C)c(-c2ccc(NC(=O)[C@@H](NC(=O)c3ccnn3C3CCC3)C(C3CC3)C3CC3)nc2F)c1. The summed E-state index contributed by atoms with van der Waals surface area (Å²) in [5, 5.41) is 10.2. The number of carbonyl (C=O) groups excluding carboxylic acids is 2. The van der Waals surface area contributed by atoms with Crippen molar-refractivity contribution in [1.29, 1.82) is 0 Å². The quantitative estimate of drug-likeness (QED) is 0.390. The molecule has 3 aromatic rings. The van der Waals surface area contributed by atoms with Gasteiger partial charge in [0.05, 0.1) is 6.04 Å². The second-order valence-corrected chi connectivity index (χ2v) is 11.1. The summed E-state index contributed by atoms with van der Waals surface area (Å²) in [5.41, 5.74) is 3.11. The van der Waals surface area contributed by atoms with E-state index < -0.39 is 12.0 Å². The van der Waals surface area contributed by atoms with E-state index in [0.717, 1.165) is 50.5 Å². The number of aromatic nitrogens is 4. The first-order chi connectivity index (χ1) is 18.4. The molecule has 0 spiro atoms. The van der Waals surface area contributed by atoms with Gasteiger partial charge in [0.15, 0.2) is 0 Å². The third-order valence-electron chi connectivity index (χ3n) is 8.22. The van der Waals surface area contributed by atoms with Gasteiger partial charge in [0.2, 0.25) is 11.9 Å². The summed E-state index contributed by atoms with van der Waals surface area (Å²) in [6.45, 7) is 3.73. The van der Waals surface area contributed by atoms with Crippen LogP contribution >= 0.6 is 0 Å². The van der Waals surface area contributed by atoms with Crippen LogP contribution in [0, 0.1) is 37.5 Å². The van der Waals surface area contributed by atoms with Gasteiger partial charge < -0.3 is 10.6 Å². The summed E-state index contributed by atoms with van der Waals surface area (Å²) in [7, 11) is 0. The molecule has 0 radical (unpaired) electrons. The molecule has 38 heavy (non-hydrogen) atoms. The highest BCUT2D eigenvalue weighted by atomic mass is 19.1. The Hall–Kier alpha value is -3.62. The first-order valence-corrected chi connectivity index (χ1v) is 13.6. The molecule has 3 aliphatic rings. The number of nitrogens with zero attached hydrogens (tertiary/aromatic N) is 4. The summed E-state index contributed by atoms with van der Waals surface area (Å²) in [6, 6.07) is 6.32. The number of rotatable bonds is 9. The topological polar surface area (TPSA) is 102 Å². The van der Waals surface area contributed by atoms with Gasteiger partial charge in [-0.2, -0.15) is 9.49 Å². The van der Waals surface area contributed by atoms with Gasteiger partial charge in [0.1, 0.15) is 17.6 Å². The number of amides is 2. The second-order valence-electron chi connectivity index (χ2n) is 11.1. The third-order valence-corrected chi connectivity index (χ3v) is 8.22. The van der Waals surface area contributed by atoms with Crippen LogP contribution in [0.1, 0.15) is 72.7 Å². The smallest absolute Gasteiger partial charge is 0.270 e. The molecule has 0 unspecified atom stereocenters. The fourth-order valence-corrected chi connectivity index (χ4v) is 5.68. The molecule has 3 fully saturated rings. The van der Waals surface area contributed by atoms with Crippen LogP contribution in [0.5, 0.6) is 0 Å². The maximum absolute atomic E-state index is 15.1. The molecule has 0 bridgehead atoms. The van der Waals surface area contributed by atoms with Crippen LogP contribution in [0.15, 0.2) is 36.7 Å². The molecule has 3 saturated carbocycles. The van der Waals surface area contributed by atoms with Crippen molar-refractivity contribution in [2.45, 2.75) is 70.9 Å². The lowest BCUT2D eigenvalue weighted by Gasteiger charge is -2.29. The van der Waals surface area contributed by atoms with E-state index in [1.165, 1.54) is 0 Å². The number of carbonyl (C=O) groups is 2. The zero-order chi connectivity index (χ0) is 26.4. The Labute approximate surface area is 221 Å². The number of aryl methyl sites for hydroxylation is 2. The van der Waals surface area contributed by atoms with Crippen LogP contribution in [0.3, 0.4) is 0 Å². The fraction of sp³-hybridized carbons (Fsp3) is 0.483. The lowest BCUT2D eigenvalue weighted by Crippen LogP contribution is -2.50. The molecule has 8 nitrogen and oxygen atoms in total. The van der Waals surface area contributed by atoms with Crippen molar-refractivity contribution >= 4 is 17.6 Å². The second kappa shape index (κ2) is 9.93. The molecule has 6 rings (SSSR count). The normalized spacial score (nSPS) is 18.2. The molecule has 3 heterocycles. The van der Waals surface area contributed by atoms with Crippen LogP contribution in [0.2, 0.25) is 0 Å². The van der Waals surface area contributed by atoms with Crippen molar-refractivity contribution in [2.75, 3.05) is 5.32 Å². The molecule has 3 aliphatic carbocycles. The van der Waals surface area contributed by atoms with Gasteiger partial charge in [-0.25, -0.2) is 4.98 Å². The molecule has 9 heteroatoms. The minimum absolute atomic E-state index is 0.0594. The summed E-state index contributed by atoms with van der Waals surface area (Å²) >= 11 is 0. The molecule has 1 atom stereocenters. The van der Waals surface area contributed by atoms with E-state index in [4.69, 9.17) is 0 Å². The van der Waals surface area contributed by atoms with Crippen molar-refractivity contribution in [1.82, 2.24) is 25.1 Å². The standard InChI is InChI=1S/C29H33FN6O2/c1-16-14-22(17(2)31-15-16)21-10-11-24(33-27(21)30)34-29(38)26(25(18-6-7-18)19-8-9-19)35-28(37)23-12-13-32-36(23)20-4-3-5-20/h10-15,18-20,25-26H,3-9H2,1-2H3,(H,35,37)(H,33,34,38)/t26-/m0/s1. The van der Waals surface area contributed by atoms with Crippen molar-refractivity contribution < 1.29 is 14.0 Å². The molecular weight excluding hydrogens is 483 g/mol. The van der Waals surface area contributed by atoms with Gasteiger partial charge in [-0.3, -0.25) is 19.3 Å². The Balaban J connectivity index is 1.24. The van der Waals surface area contributed by atoms with Gasteiger partial charge in [-0.05, 0) is 106 Å². The Bertz CT molecular complexity index is 1360. The van der Waals surface area contributed by atoms with Gasteiger partial charge >= 0.3 is 0 Å². The molecule has 0 saturated heterocycles. The molecular formula is C29H33FN6O2. The summed E-state index contributed by atoms with van der Waals surface area (Å²) in [4.78, 5) is 35.4. The summed E-state index contributed by atoms with van der Waals surface area (Å²) in [5.74, 6) is -0.312. The number of pyridine rings is 2. The molecule has 2 amide bonds. The average molecular weight is 517 g/mol. The van der Waals surface area contributed by atoms with Crippen molar-refractivity contribution in [2.24, 2.45) is 17.8 Å². The van der Waals surface area contributed by atoms with E-state index in [9.17, 15) is 9.59 Å². The Morgan fingerprint density at radius 2 is 1.76 bits per heavy atom. The Morgan fingerprint density at radius 1 is 1.03 bits per heavy atom. The maximum atomic E-state index is 15.1. The van der Waals surface area contributed by atoms with Crippen molar-refractivity contribution in [3.8, 4) is 11.1 Å². The van der Waals surface area contributed by atoms with Gasteiger partial charge in [0, 0.05) is 29.2 Å². The van der Waals surface area contributed by atoms with Crippen LogP contribution in [-0.4, -0.2) is 37.6 Å². The van der Waals surface area contributed by atoms with E-state index >= 15 is 4.39 Å². The summed E-state index contributed by atoms with van der Waals surface area (Å²) < 4.78 is 16.9. The third kappa shape index (κ3) is 4.93. The van der Waals surface area contributed by atoms with Crippen molar-refractivity contribution in [3.63, 3.8) is 0 Å². The molecule has 0 aliphatic heterocycles. The van der Waals surface area contributed by atoms with Crippen LogP contribution in [0.25, 0.3) is 11.1 Å². The van der Waals surface area contributed by atoms with Gasteiger partial charge in [0.25, 0.3) is 5.91 Å².